The lowest BCUT2D eigenvalue weighted by Gasteiger charge is -2.08. The highest BCUT2D eigenvalue weighted by molar-refractivity contribution is 7.19. The summed E-state index contributed by atoms with van der Waals surface area (Å²) in [6, 6.07) is 0. The highest BCUT2D eigenvalue weighted by Crippen LogP contribution is 2.28. The van der Waals surface area contributed by atoms with Crippen molar-refractivity contribution in [2.24, 2.45) is 0 Å². The molecule has 1 rings (SSSR count). The van der Waals surface area contributed by atoms with Gasteiger partial charge in [-0.1, -0.05) is 22.9 Å². The van der Waals surface area contributed by atoms with Gasteiger partial charge in [0.2, 0.25) is 0 Å². The van der Waals surface area contributed by atoms with E-state index in [1.807, 2.05) is 25.9 Å². The van der Waals surface area contributed by atoms with E-state index in [1.54, 1.807) is 0 Å². The SMILES string of the molecule is Cc1nc(Cl)sc1N(C)C. The monoisotopic (exact) mass is 176 g/mol. The van der Waals surface area contributed by atoms with Gasteiger partial charge in [-0.05, 0) is 6.92 Å². The Balaban J connectivity index is 3.03. The molecule has 0 bridgehead atoms. The third-order valence-corrected chi connectivity index (χ3v) is 2.58. The third-order valence-electron chi connectivity index (χ3n) is 1.15. The quantitative estimate of drug-likeness (QED) is 0.652. The highest BCUT2D eigenvalue weighted by atomic mass is 35.5. The maximum absolute atomic E-state index is 5.69. The molecule has 0 atom stereocenters. The molecular formula is C6H9ClN2S. The van der Waals surface area contributed by atoms with Crippen LogP contribution in [0.2, 0.25) is 4.47 Å². The molecule has 2 nitrogen and oxygen atoms in total. The predicted molar refractivity (Wildman–Crippen MR) is 46.2 cm³/mol. The van der Waals surface area contributed by atoms with Crippen LogP contribution in [-0.4, -0.2) is 19.1 Å². The molecule has 0 saturated heterocycles. The van der Waals surface area contributed by atoms with Crippen LogP contribution in [0.3, 0.4) is 0 Å². The van der Waals surface area contributed by atoms with Gasteiger partial charge in [0.25, 0.3) is 0 Å². The number of aromatic nitrogens is 1. The summed E-state index contributed by atoms with van der Waals surface area (Å²) in [7, 11) is 3.97. The van der Waals surface area contributed by atoms with Crippen LogP contribution < -0.4 is 4.90 Å². The van der Waals surface area contributed by atoms with Crippen LogP contribution in [0, 0.1) is 6.92 Å². The standard InChI is InChI=1S/C6H9ClN2S/c1-4-5(9(2)3)10-6(7)8-4/h1-3H3. The summed E-state index contributed by atoms with van der Waals surface area (Å²) < 4.78 is 0.612. The van der Waals surface area contributed by atoms with Crippen LogP contribution in [0.4, 0.5) is 5.00 Å². The molecule has 0 aliphatic carbocycles. The molecule has 10 heavy (non-hydrogen) atoms. The first-order chi connectivity index (χ1) is 4.61. The van der Waals surface area contributed by atoms with Gasteiger partial charge in [-0.2, -0.15) is 0 Å². The summed E-state index contributed by atoms with van der Waals surface area (Å²) in [6.07, 6.45) is 0. The van der Waals surface area contributed by atoms with Gasteiger partial charge in [-0.3, -0.25) is 0 Å². The third kappa shape index (κ3) is 1.41. The van der Waals surface area contributed by atoms with E-state index in [0.29, 0.717) is 4.47 Å². The van der Waals surface area contributed by atoms with Crippen molar-refractivity contribution in [3.8, 4) is 0 Å². The second-order valence-electron chi connectivity index (χ2n) is 2.25. The molecule has 0 amide bonds. The Morgan fingerprint density at radius 3 is 2.30 bits per heavy atom. The number of aryl methyl sites for hydroxylation is 1. The molecule has 0 radical (unpaired) electrons. The molecule has 0 spiro atoms. The fraction of sp³-hybridized carbons (Fsp3) is 0.500. The summed E-state index contributed by atoms with van der Waals surface area (Å²) in [4.78, 5) is 6.09. The first-order valence-electron chi connectivity index (χ1n) is 2.91. The number of anilines is 1. The molecule has 0 aromatic carbocycles. The average Bonchev–Trinajstić information content (AvgIpc) is 2.10. The smallest absolute Gasteiger partial charge is 0.185 e. The van der Waals surface area contributed by atoms with E-state index in [9.17, 15) is 0 Å². The number of halogens is 1. The van der Waals surface area contributed by atoms with Gasteiger partial charge in [-0.15, -0.1) is 0 Å². The maximum atomic E-state index is 5.69. The minimum Gasteiger partial charge on any atom is -0.368 e. The molecular weight excluding hydrogens is 168 g/mol. The second-order valence-corrected chi connectivity index (χ2v) is 3.81. The maximum Gasteiger partial charge on any atom is 0.185 e. The van der Waals surface area contributed by atoms with Crippen LogP contribution in [0.5, 0.6) is 0 Å². The lowest BCUT2D eigenvalue weighted by Crippen LogP contribution is -2.07. The molecule has 1 aromatic rings. The topological polar surface area (TPSA) is 16.1 Å². The Kier molecular flexibility index (Phi) is 2.16. The van der Waals surface area contributed by atoms with Gasteiger partial charge in [0.15, 0.2) is 4.47 Å². The normalized spacial score (nSPS) is 10.0. The summed E-state index contributed by atoms with van der Waals surface area (Å²) >= 11 is 7.19. The lowest BCUT2D eigenvalue weighted by molar-refractivity contribution is 1.12. The van der Waals surface area contributed by atoms with E-state index in [-0.39, 0.29) is 0 Å². The van der Waals surface area contributed by atoms with Gasteiger partial charge in [-0.25, -0.2) is 4.98 Å². The average molecular weight is 177 g/mol. The van der Waals surface area contributed by atoms with E-state index < -0.39 is 0 Å². The van der Waals surface area contributed by atoms with Crippen LogP contribution in [0.15, 0.2) is 0 Å². The van der Waals surface area contributed by atoms with E-state index >= 15 is 0 Å². The van der Waals surface area contributed by atoms with Gasteiger partial charge >= 0.3 is 0 Å². The molecule has 4 heteroatoms. The molecule has 0 saturated carbocycles. The van der Waals surface area contributed by atoms with Gasteiger partial charge in [0.1, 0.15) is 5.00 Å². The first kappa shape index (κ1) is 7.82. The first-order valence-corrected chi connectivity index (χ1v) is 4.11. The molecule has 0 fully saturated rings. The Morgan fingerprint density at radius 2 is 2.10 bits per heavy atom. The zero-order valence-corrected chi connectivity index (χ0v) is 7.75. The summed E-state index contributed by atoms with van der Waals surface area (Å²) in [5.41, 5.74) is 1.00. The zero-order valence-electron chi connectivity index (χ0n) is 6.18. The van der Waals surface area contributed by atoms with E-state index in [1.165, 1.54) is 11.3 Å². The van der Waals surface area contributed by atoms with Gasteiger partial charge in [0, 0.05) is 14.1 Å². The van der Waals surface area contributed by atoms with E-state index in [2.05, 4.69) is 4.98 Å². The minimum atomic E-state index is 0.612. The van der Waals surface area contributed by atoms with Gasteiger partial charge < -0.3 is 4.90 Å². The van der Waals surface area contributed by atoms with Crippen molar-refractivity contribution in [2.45, 2.75) is 6.92 Å². The minimum absolute atomic E-state index is 0.612. The number of nitrogens with zero attached hydrogens (tertiary/aromatic N) is 2. The summed E-state index contributed by atoms with van der Waals surface area (Å²) in [5, 5.41) is 1.13. The molecule has 0 aliphatic rings. The number of thiazole rings is 1. The lowest BCUT2D eigenvalue weighted by atomic mass is 10.5. The largest absolute Gasteiger partial charge is 0.368 e. The molecule has 0 aliphatic heterocycles. The predicted octanol–water partition coefficient (Wildman–Crippen LogP) is 2.17. The van der Waals surface area contributed by atoms with Crippen molar-refractivity contribution < 1.29 is 0 Å². The van der Waals surface area contributed by atoms with Crippen molar-refractivity contribution in [2.75, 3.05) is 19.0 Å². The molecule has 0 N–H and O–H groups in total. The van der Waals surface area contributed by atoms with Crippen LogP contribution in [-0.2, 0) is 0 Å². The molecule has 56 valence electrons. The van der Waals surface area contributed by atoms with E-state index in [0.717, 1.165) is 10.7 Å². The van der Waals surface area contributed by atoms with Crippen molar-refractivity contribution >= 4 is 27.9 Å². The van der Waals surface area contributed by atoms with Crippen molar-refractivity contribution in [1.29, 1.82) is 0 Å². The Bertz CT molecular complexity index is 232. The van der Waals surface area contributed by atoms with Crippen molar-refractivity contribution in [1.82, 2.24) is 4.98 Å². The summed E-state index contributed by atoms with van der Waals surface area (Å²) in [6.45, 7) is 1.96. The van der Waals surface area contributed by atoms with Crippen LogP contribution >= 0.6 is 22.9 Å². The molecule has 1 aromatic heterocycles. The Morgan fingerprint density at radius 1 is 1.50 bits per heavy atom. The number of rotatable bonds is 1. The van der Waals surface area contributed by atoms with Crippen molar-refractivity contribution in [3.63, 3.8) is 0 Å². The molecule has 0 unspecified atom stereocenters. The number of hydrogen-bond donors (Lipinski definition) is 0. The molecule has 1 heterocycles. The Hall–Kier alpha value is -0.280. The van der Waals surface area contributed by atoms with Crippen LogP contribution in [0.25, 0.3) is 0 Å². The number of hydrogen-bond acceptors (Lipinski definition) is 3. The van der Waals surface area contributed by atoms with Crippen molar-refractivity contribution in [3.05, 3.63) is 10.2 Å². The Labute approximate surface area is 69.4 Å². The van der Waals surface area contributed by atoms with Crippen LogP contribution in [0.1, 0.15) is 5.69 Å². The van der Waals surface area contributed by atoms with Gasteiger partial charge in [0.05, 0.1) is 5.69 Å². The van der Waals surface area contributed by atoms with E-state index in [4.69, 9.17) is 11.6 Å². The highest BCUT2D eigenvalue weighted by Gasteiger charge is 2.05. The zero-order chi connectivity index (χ0) is 7.72. The second kappa shape index (κ2) is 2.76. The fourth-order valence-electron chi connectivity index (χ4n) is 0.771. The summed E-state index contributed by atoms with van der Waals surface area (Å²) in [5.74, 6) is 0. The fourth-order valence-corrected chi connectivity index (χ4v) is 1.84.